The van der Waals surface area contributed by atoms with Gasteiger partial charge >= 0.3 is 6.18 Å². The van der Waals surface area contributed by atoms with Gasteiger partial charge in [0, 0.05) is 6.07 Å². The Balaban J connectivity index is 2.19. The maximum Gasteiger partial charge on any atom is 0.416 e. The van der Waals surface area contributed by atoms with Crippen molar-refractivity contribution >= 4 is 44.8 Å². The molecule has 0 fully saturated rings. The average molecular weight is 512 g/mol. The van der Waals surface area contributed by atoms with E-state index in [1.807, 2.05) is 13.8 Å². The second-order valence-corrected chi connectivity index (χ2v) is 7.68. The summed E-state index contributed by atoms with van der Waals surface area (Å²) in [5, 5.41) is 0.212. The van der Waals surface area contributed by atoms with Gasteiger partial charge in [-0.05, 0) is 71.3 Å². The molecular formula is C20H19BrClF3O3S. The van der Waals surface area contributed by atoms with Crippen molar-refractivity contribution in [3.63, 3.8) is 0 Å². The second-order valence-electron chi connectivity index (χ2n) is 6.02. The minimum Gasteiger partial charge on any atom is -0.484 e. The molecule has 0 bridgehead atoms. The summed E-state index contributed by atoms with van der Waals surface area (Å²) in [6.07, 6.45) is -3.48. The van der Waals surface area contributed by atoms with Crippen molar-refractivity contribution in [2.24, 2.45) is 0 Å². The predicted octanol–water partition coefficient (Wildman–Crippen LogP) is 7.83. The van der Waals surface area contributed by atoms with Crippen LogP contribution in [0.2, 0.25) is 5.02 Å². The summed E-state index contributed by atoms with van der Waals surface area (Å²) in [6, 6.07) is 7.85. The molecular weight excluding hydrogens is 493 g/mol. The molecule has 0 heterocycles. The van der Waals surface area contributed by atoms with Gasteiger partial charge in [-0.1, -0.05) is 25.4 Å². The molecule has 2 aromatic rings. The molecule has 0 aliphatic rings. The van der Waals surface area contributed by atoms with Crippen LogP contribution in [0.3, 0.4) is 0 Å². The van der Waals surface area contributed by atoms with Crippen molar-refractivity contribution in [3.05, 3.63) is 51.5 Å². The van der Waals surface area contributed by atoms with Crippen LogP contribution in [0.15, 0.2) is 40.9 Å². The SMILES string of the molecule is CCCOC(=S)C(CC)Oc1cc(Oc2ccc(C(F)(F)F)cc2Cl)ccc1Br. The van der Waals surface area contributed by atoms with Crippen molar-refractivity contribution in [3.8, 4) is 17.2 Å². The number of hydrogen-bond acceptors (Lipinski definition) is 4. The zero-order chi connectivity index (χ0) is 21.6. The van der Waals surface area contributed by atoms with E-state index in [1.165, 1.54) is 6.07 Å². The van der Waals surface area contributed by atoms with Crippen molar-refractivity contribution < 1.29 is 27.4 Å². The van der Waals surface area contributed by atoms with Gasteiger partial charge in [-0.25, -0.2) is 0 Å². The molecule has 9 heteroatoms. The topological polar surface area (TPSA) is 27.7 Å². The summed E-state index contributed by atoms with van der Waals surface area (Å²) < 4.78 is 56.1. The van der Waals surface area contributed by atoms with Gasteiger partial charge in [-0.3, -0.25) is 0 Å². The van der Waals surface area contributed by atoms with Gasteiger partial charge in [0.1, 0.15) is 17.2 Å². The smallest absolute Gasteiger partial charge is 0.416 e. The van der Waals surface area contributed by atoms with E-state index in [2.05, 4.69) is 15.9 Å². The Labute approximate surface area is 186 Å². The third kappa shape index (κ3) is 6.76. The third-order valence-electron chi connectivity index (χ3n) is 3.74. The standard InChI is InChI=1S/C20H19BrClF3O3S/c1-3-9-26-19(29)16(4-2)28-18-11-13(6-7-14(18)21)27-17-8-5-12(10-15(17)22)20(23,24)25/h5-8,10-11,16H,3-4,9H2,1-2H3. The van der Waals surface area contributed by atoms with E-state index in [-0.39, 0.29) is 10.8 Å². The van der Waals surface area contributed by atoms with Crippen molar-refractivity contribution in [1.29, 1.82) is 0 Å². The maximum atomic E-state index is 12.8. The van der Waals surface area contributed by atoms with Crippen LogP contribution in [-0.4, -0.2) is 17.8 Å². The van der Waals surface area contributed by atoms with Crippen LogP contribution >= 0.6 is 39.7 Å². The van der Waals surface area contributed by atoms with Crippen LogP contribution in [0.25, 0.3) is 0 Å². The highest BCUT2D eigenvalue weighted by atomic mass is 79.9. The summed E-state index contributed by atoms with van der Waals surface area (Å²) in [5.41, 5.74) is -0.846. The number of alkyl halides is 3. The lowest BCUT2D eigenvalue weighted by molar-refractivity contribution is -0.137. The first-order valence-corrected chi connectivity index (χ1v) is 10.4. The molecule has 3 nitrogen and oxygen atoms in total. The first-order chi connectivity index (χ1) is 13.7. The van der Waals surface area contributed by atoms with Gasteiger partial charge in [0.25, 0.3) is 0 Å². The van der Waals surface area contributed by atoms with Crippen molar-refractivity contribution in [2.45, 2.75) is 39.0 Å². The molecule has 0 radical (unpaired) electrons. The van der Waals surface area contributed by atoms with Gasteiger partial charge in [0.2, 0.25) is 5.05 Å². The van der Waals surface area contributed by atoms with E-state index in [1.54, 1.807) is 18.2 Å². The van der Waals surface area contributed by atoms with Crippen LogP contribution in [0, 0.1) is 0 Å². The predicted molar refractivity (Wildman–Crippen MR) is 114 cm³/mol. The van der Waals surface area contributed by atoms with Gasteiger partial charge in [-0.2, -0.15) is 13.2 Å². The van der Waals surface area contributed by atoms with Crippen LogP contribution < -0.4 is 9.47 Å². The molecule has 0 aromatic heterocycles. The van der Waals surface area contributed by atoms with Crippen LogP contribution in [0.1, 0.15) is 32.3 Å². The van der Waals surface area contributed by atoms with Gasteiger partial charge in [0.15, 0.2) is 6.10 Å². The Morgan fingerprint density at radius 2 is 1.86 bits per heavy atom. The van der Waals surface area contributed by atoms with Crippen molar-refractivity contribution in [2.75, 3.05) is 6.61 Å². The highest BCUT2D eigenvalue weighted by molar-refractivity contribution is 9.10. The Bertz CT molecular complexity index is 861. The molecule has 1 unspecified atom stereocenters. The molecule has 0 amide bonds. The molecule has 29 heavy (non-hydrogen) atoms. The van der Waals surface area contributed by atoms with E-state index in [4.69, 9.17) is 38.0 Å². The van der Waals surface area contributed by atoms with Gasteiger partial charge in [0.05, 0.1) is 21.7 Å². The number of hydrogen-bond donors (Lipinski definition) is 0. The van der Waals surface area contributed by atoms with E-state index < -0.39 is 17.8 Å². The van der Waals surface area contributed by atoms with Gasteiger partial charge in [-0.15, -0.1) is 0 Å². The normalized spacial score (nSPS) is 12.4. The van der Waals surface area contributed by atoms with Crippen LogP contribution in [0.4, 0.5) is 13.2 Å². The Kier molecular flexibility index (Phi) is 8.60. The fourth-order valence-electron chi connectivity index (χ4n) is 2.27. The fraction of sp³-hybridized carbons (Fsp3) is 0.350. The molecule has 0 N–H and O–H groups in total. The lowest BCUT2D eigenvalue weighted by atomic mass is 10.2. The highest BCUT2D eigenvalue weighted by Crippen LogP contribution is 2.38. The molecule has 2 aromatic carbocycles. The molecule has 0 aliphatic heterocycles. The lowest BCUT2D eigenvalue weighted by Gasteiger charge is -2.20. The molecule has 0 aliphatic carbocycles. The minimum absolute atomic E-state index is 0.0989. The van der Waals surface area contributed by atoms with E-state index in [0.29, 0.717) is 34.1 Å². The molecule has 0 spiro atoms. The minimum atomic E-state index is -4.48. The van der Waals surface area contributed by atoms with Crippen LogP contribution in [-0.2, 0) is 10.9 Å². The number of thiocarbonyl (C=S) groups is 1. The summed E-state index contributed by atoms with van der Waals surface area (Å²) in [4.78, 5) is 0. The third-order valence-corrected chi connectivity index (χ3v) is 5.07. The highest BCUT2D eigenvalue weighted by Gasteiger charge is 2.31. The lowest BCUT2D eigenvalue weighted by Crippen LogP contribution is -2.27. The summed E-state index contributed by atoms with van der Waals surface area (Å²) in [6.45, 7) is 4.41. The molecule has 0 saturated carbocycles. The zero-order valence-electron chi connectivity index (χ0n) is 15.7. The number of benzene rings is 2. The summed E-state index contributed by atoms with van der Waals surface area (Å²) >= 11 is 14.6. The monoisotopic (exact) mass is 510 g/mol. The van der Waals surface area contributed by atoms with Crippen molar-refractivity contribution in [1.82, 2.24) is 0 Å². The first kappa shape index (κ1) is 23.8. The number of ether oxygens (including phenoxy) is 3. The zero-order valence-corrected chi connectivity index (χ0v) is 18.8. The summed E-state index contributed by atoms with van der Waals surface area (Å²) in [5.74, 6) is 0.904. The van der Waals surface area contributed by atoms with E-state index >= 15 is 0 Å². The Morgan fingerprint density at radius 3 is 2.45 bits per heavy atom. The Morgan fingerprint density at radius 1 is 1.14 bits per heavy atom. The maximum absolute atomic E-state index is 12.8. The molecule has 2 rings (SSSR count). The van der Waals surface area contributed by atoms with E-state index in [9.17, 15) is 13.2 Å². The largest absolute Gasteiger partial charge is 0.484 e. The van der Waals surface area contributed by atoms with E-state index in [0.717, 1.165) is 18.6 Å². The molecule has 0 saturated heterocycles. The second kappa shape index (κ2) is 10.5. The Hall–Kier alpha value is -1.51. The molecule has 1 atom stereocenters. The first-order valence-electron chi connectivity index (χ1n) is 8.83. The average Bonchev–Trinajstić information content (AvgIpc) is 2.67. The fourth-order valence-corrected chi connectivity index (χ4v) is 3.13. The summed E-state index contributed by atoms with van der Waals surface area (Å²) in [7, 11) is 0. The van der Waals surface area contributed by atoms with Crippen LogP contribution in [0.5, 0.6) is 17.2 Å². The number of halogens is 5. The molecule has 158 valence electrons. The van der Waals surface area contributed by atoms with Gasteiger partial charge < -0.3 is 14.2 Å². The number of rotatable bonds is 8. The quantitative estimate of drug-likeness (QED) is 0.338.